The van der Waals surface area contributed by atoms with Crippen molar-refractivity contribution in [1.82, 2.24) is 19.7 Å². The zero-order valence-corrected chi connectivity index (χ0v) is 18.8. The number of amides is 1. The summed E-state index contributed by atoms with van der Waals surface area (Å²) in [4.78, 5) is 25.9. The third-order valence-electron chi connectivity index (χ3n) is 6.29. The van der Waals surface area contributed by atoms with Gasteiger partial charge >= 0.3 is 0 Å². The van der Waals surface area contributed by atoms with Gasteiger partial charge in [-0.25, -0.2) is 4.98 Å². The van der Waals surface area contributed by atoms with Crippen LogP contribution >= 0.6 is 22.7 Å². The van der Waals surface area contributed by atoms with Gasteiger partial charge in [-0.05, 0) is 49.5 Å². The van der Waals surface area contributed by atoms with E-state index in [1.807, 2.05) is 22.7 Å². The van der Waals surface area contributed by atoms with E-state index in [1.165, 1.54) is 14.6 Å². The van der Waals surface area contributed by atoms with Crippen LogP contribution in [0.5, 0.6) is 0 Å². The fourth-order valence-corrected chi connectivity index (χ4v) is 6.35. The van der Waals surface area contributed by atoms with Crippen LogP contribution in [0.2, 0.25) is 0 Å². The molecule has 0 aliphatic carbocycles. The molecule has 0 atom stereocenters. The van der Waals surface area contributed by atoms with Gasteiger partial charge in [-0.2, -0.15) is 0 Å². The van der Waals surface area contributed by atoms with E-state index in [-0.39, 0.29) is 0 Å². The zero-order chi connectivity index (χ0) is 20.3. The molecule has 2 aromatic heterocycles. The molecule has 1 amide bonds. The number of thiazole rings is 1. The van der Waals surface area contributed by atoms with Crippen LogP contribution in [0, 0.1) is 0 Å². The van der Waals surface area contributed by atoms with Gasteiger partial charge in [-0.15, -0.1) is 22.7 Å². The molecule has 0 radical (unpaired) electrons. The van der Waals surface area contributed by atoms with Gasteiger partial charge in [0.15, 0.2) is 0 Å². The van der Waals surface area contributed by atoms with E-state index in [4.69, 9.17) is 4.98 Å². The van der Waals surface area contributed by atoms with Gasteiger partial charge in [0.05, 0.1) is 21.8 Å². The predicted octanol–water partition coefficient (Wildman–Crippen LogP) is 3.88. The number of carbonyl (C=O) groups excluding carboxylic acids is 1. The number of benzene rings is 1. The molecule has 0 bridgehead atoms. The van der Waals surface area contributed by atoms with Crippen molar-refractivity contribution < 1.29 is 4.79 Å². The fourth-order valence-electron chi connectivity index (χ4n) is 4.47. The molecule has 4 heterocycles. The van der Waals surface area contributed by atoms with Crippen LogP contribution in [0.1, 0.15) is 28.6 Å². The largest absolute Gasteiger partial charge is 0.339 e. The second kappa shape index (κ2) is 9.14. The number of piperazine rings is 1. The molecule has 0 unspecified atom stereocenters. The minimum atomic E-state index is 0.296. The maximum absolute atomic E-state index is 12.8. The van der Waals surface area contributed by atoms with Gasteiger partial charge in [0.25, 0.3) is 0 Å². The Labute approximate surface area is 185 Å². The van der Waals surface area contributed by atoms with Gasteiger partial charge in [0, 0.05) is 43.5 Å². The van der Waals surface area contributed by atoms with Crippen molar-refractivity contribution in [2.24, 2.45) is 0 Å². The molecular formula is C23H28N4OS2. The lowest BCUT2D eigenvalue weighted by Crippen LogP contribution is -2.51. The molecular weight excluding hydrogens is 412 g/mol. The fraction of sp³-hybridized carbons (Fsp3) is 0.478. The van der Waals surface area contributed by atoms with E-state index in [9.17, 15) is 4.79 Å². The lowest BCUT2D eigenvalue weighted by atomic mass is 9.97. The SMILES string of the molecule is O=C(CN1CCC(c2nc3ccccc3s2)CC1)N1CCN(Cc2cccs2)CC1. The molecule has 5 rings (SSSR count). The third-order valence-corrected chi connectivity index (χ3v) is 8.35. The average molecular weight is 441 g/mol. The summed E-state index contributed by atoms with van der Waals surface area (Å²) in [6.07, 6.45) is 2.20. The number of rotatable bonds is 5. The van der Waals surface area contributed by atoms with Crippen molar-refractivity contribution in [3.05, 3.63) is 51.7 Å². The number of hydrogen-bond acceptors (Lipinski definition) is 6. The number of thiophene rings is 1. The molecule has 2 aliphatic rings. The highest BCUT2D eigenvalue weighted by Crippen LogP contribution is 2.33. The molecule has 158 valence electrons. The molecule has 3 aromatic rings. The van der Waals surface area contributed by atoms with Crippen LogP contribution in [-0.4, -0.2) is 71.4 Å². The maximum Gasteiger partial charge on any atom is 0.236 e. The van der Waals surface area contributed by atoms with E-state index >= 15 is 0 Å². The van der Waals surface area contributed by atoms with Crippen molar-refractivity contribution in [1.29, 1.82) is 0 Å². The highest BCUT2D eigenvalue weighted by Gasteiger charge is 2.27. The van der Waals surface area contributed by atoms with E-state index in [1.54, 1.807) is 0 Å². The number of carbonyl (C=O) groups is 1. The number of hydrogen-bond donors (Lipinski definition) is 0. The van der Waals surface area contributed by atoms with Crippen molar-refractivity contribution in [2.75, 3.05) is 45.8 Å². The smallest absolute Gasteiger partial charge is 0.236 e. The van der Waals surface area contributed by atoms with Crippen molar-refractivity contribution in [2.45, 2.75) is 25.3 Å². The normalized spacial score (nSPS) is 19.5. The van der Waals surface area contributed by atoms with Crippen LogP contribution < -0.4 is 0 Å². The first-order valence-corrected chi connectivity index (χ1v) is 12.5. The standard InChI is InChI=1S/C23H28N4OS2/c28-22(27-13-11-26(12-14-27)16-19-4-3-15-29-19)17-25-9-7-18(8-10-25)23-24-20-5-1-2-6-21(20)30-23/h1-6,15,18H,7-14,16-17H2. The second-order valence-electron chi connectivity index (χ2n) is 8.31. The lowest BCUT2D eigenvalue weighted by Gasteiger charge is -2.36. The van der Waals surface area contributed by atoms with Gasteiger partial charge in [0.2, 0.25) is 5.91 Å². The predicted molar refractivity (Wildman–Crippen MR) is 124 cm³/mol. The highest BCUT2D eigenvalue weighted by molar-refractivity contribution is 7.18. The van der Waals surface area contributed by atoms with Crippen LogP contribution in [0.15, 0.2) is 41.8 Å². The molecule has 0 saturated carbocycles. The van der Waals surface area contributed by atoms with Crippen molar-refractivity contribution in [3.8, 4) is 0 Å². The van der Waals surface area contributed by atoms with Crippen molar-refractivity contribution >= 4 is 38.8 Å². The second-order valence-corrected chi connectivity index (χ2v) is 10.4. The number of aromatic nitrogens is 1. The first-order chi connectivity index (χ1) is 14.7. The Balaban J connectivity index is 1.08. The van der Waals surface area contributed by atoms with Crippen LogP contribution in [0.4, 0.5) is 0 Å². The van der Waals surface area contributed by atoms with Gasteiger partial charge in [0.1, 0.15) is 0 Å². The summed E-state index contributed by atoms with van der Waals surface area (Å²) in [6.45, 7) is 7.22. The number of nitrogens with zero attached hydrogens (tertiary/aromatic N) is 4. The summed E-state index contributed by atoms with van der Waals surface area (Å²) in [5.41, 5.74) is 1.12. The third kappa shape index (κ3) is 4.59. The lowest BCUT2D eigenvalue weighted by molar-refractivity contribution is -0.134. The molecule has 2 fully saturated rings. The molecule has 7 heteroatoms. The monoisotopic (exact) mass is 440 g/mol. The Morgan fingerprint density at radius 2 is 1.77 bits per heavy atom. The molecule has 1 aromatic carbocycles. The summed E-state index contributed by atoms with van der Waals surface area (Å²) in [6, 6.07) is 12.7. The minimum absolute atomic E-state index is 0.296. The number of fused-ring (bicyclic) bond motifs is 1. The van der Waals surface area contributed by atoms with Crippen LogP contribution in [0.3, 0.4) is 0 Å². The Hall–Kier alpha value is -1.80. The first-order valence-electron chi connectivity index (χ1n) is 10.8. The molecule has 0 N–H and O–H groups in total. The van der Waals surface area contributed by atoms with E-state index < -0.39 is 0 Å². The topological polar surface area (TPSA) is 39.7 Å². The van der Waals surface area contributed by atoms with Crippen LogP contribution in [0.25, 0.3) is 10.2 Å². The summed E-state index contributed by atoms with van der Waals surface area (Å²) >= 11 is 3.65. The molecule has 0 spiro atoms. The number of piperidine rings is 1. The minimum Gasteiger partial charge on any atom is -0.339 e. The molecule has 2 saturated heterocycles. The average Bonchev–Trinajstić information content (AvgIpc) is 3.44. The summed E-state index contributed by atoms with van der Waals surface area (Å²) in [5.74, 6) is 0.832. The quantitative estimate of drug-likeness (QED) is 0.604. The first kappa shape index (κ1) is 20.1. The van der Waals surface area contributed by atoms with Crippen LogP contribution in [-0.2, 0) is 11.3 Å². The number of para-hydroxylation sites is 1. The Morgan fingerprint density at radius 3 is 2.50 bits per heavy atom. The van der Waals surface area contributed by atoms with Gasteiger partial charge < -0.3 is 4.90 Å². The summed E-state index contributed by atoms with van der Waals surface area (Å²) < 4.78 is 1.28. The Morgan fingerprint density at radius 1 is 0.967 bits per heavy atom. The molecule has 5 nitrogen and oxygen atoms in total. The summed E-state index contributed by atoms with van der Waals surface area (Å²) in [5, 5.41) is 3.40. The highest BCUT2D eigenvalue weighted by atomic mass is 32.1. The van der Waals surface area contributed by atoms with E-state index in [2.05, 4.69) is 56.5 Å². The molecule has 30 heavy (non-hydrogen) atoms. The maximum atomic E-state index is 12.8. The van der Waals surface area contributed by atoms with Crippen molar-refractivity contribution in [3.63, 3.8) is 0 Å². The van der Waals surface area contributed by atoms with E-state index in [0.29, 0.717) is 18.4 Å². The number of likely N-dealkylation sites (tertiary alicyclic amines) is 1. The molecule has 2 aliphatic heterocycles. The van der Waals surface area contributed by atoms with E-state index in [0.717, 1.165) is 64.2 Å². The Bertz CT molecular complexity index is 937. The van der Waals surface area contributed by atoms with Gasteiger partial charge in [-0.3, -0.25) is 14.6 Å². The summed E-state index contributed by atoms with van der Waals surface area (Å²) in [7, 11) is 0. The zero-order valence-electron chi connectivity index (χ0n) is 17.2. The van der Waals surface area contributed by atoms with Gasteiger partial charge in [-0.1, -0.05) is 18.2 Å². The Kier molecular flexibility index (Phi) is 6.13.